The Bertz CT molecular complexity index is 295. The summed E-state index contributed by atoms with van der Waals surface area (Å²) in [5, 5.41) is 8.96. The minimum Gasteiger partial charge on any atom is -0.507 e. The standard InChI is InChI=1S/C7H4F3IO/c8-7(9,10)4-2-1-3-5(12)6(4)11/h1-3,12H. The molecule has 0 spiro atoms. The molecule has 0 saturated carbocycles. The van der Waals surface area contributed by atoms with Gasteiger partial charge in [0.15, 0.2) is 0 Å². The molecule has 1 rings (SSSR count). The van der Waals surface area contributed by atoms with Gasteiger partial charge in [0.1, 0.15) is 5.75 Å². The minimum absolute atomic E-state index is 0.164. The van der Waals surface area contributed by atoms with Crippen molar-refractivity contribution in [3.63, 3.8) is 0 Å². The predicted molar refractivity (Wildman–Crippen MR) is 45.8 cm³/mol. The number of benzene rings is 1. The summed E-state index contributed by atoms with van der Waals surface area (Å²) in [5.74, 6) is -0.342. The summed E-state index contributed by atoms with van der Waals surface area (Å²) in [5.41, 5.74) is -0.803. The second kappa shape index (κ2) is 3.12. The lowest BCUT2D eigenvalue weighted by Crippen LogP contribution is -2.06. The van der Waals surface area contributed by atoms with E-state index in [2.05, 4.69) is 0 Å². The number of rotatable bonds is 0. The van der Waals surface area contributed by atoms with Gasteiger partial charge in [-0.2, -0.15) is 13.2 Å². The quantitative estimate of drug-likeness (QED) is 0.728. The predicted octanol–water partition coefficient (Wildman–Crippen LogP) is 3.02. The van der Waals surface area contributed by atoms with E-state index in [-0.39, 0.29) is 9.32 Å². The maximum atomic E-state index is 12.1. The first kappa shape index (κ1) is 9.63. The molecule has 1 nitrogen and oxygen atoms in total. The number of phenols is 1. The molecule has 0 amide bonds. The Labute approximate surface area is 80.3 Å². The van der Waals surface area contributed by atoms with Gasteiger partial charge >= 0.3 is 6.18 Å². The van der Waals surface area contributed by atoms with Crippen LogP contribution in [0.2, 0.25) is 0 Å². The van der Waals surface area contributed by atoms with Crippen LogP contribution in [-0.4, -0.2) is 5.11 Å². The molecule has 0 atom stereocenters. The number of phenolic OH excluding ortho intramolecular Hbond substituents is 1. The molecule has 12 heavy (non-hydrogen) atoms. The molecule has 0 aromatic heterocycles. The zero-order chi connectivity index (χ0) is 9.35. The Morgan fingerprint density at radius 1 is 1.25 bits per heavy atom. The van der Waals surface area contributed by atoms with Crippen LogP contribution >= 0.6 is 22.6 Å². The van der Waals surface area contributed by atoms with Crippen molar-refractivity contribution in [2.24, 2.45) is 0 Å². The van der Waals surface area contributed by atoms with Gasteiger partial charge in [-0.1, -0.05) is 6.07 Å². The summed E-state index contributed by atoms with van der Waals surface area (Å²) in [7, 11) is 0. The van der Waals surface area contributed by atoms with E-state index in [4.69, 9.17) is 5.11 Å². The van der Waals surface area contributed by atoms with E-state index >= 15 is 0 Å². The summed E-state index contributed by atoms with van der Waals surface area (Å²) in [6, 6.07) is 3.32. The Hall–Kier alpha value is -0.460. The highest BCUT2D eigenvalue weighted by atomic mass is 127. The average Bonchev–Trinajstić information content (AvgIpc) is 1.92. The van der Waals surface area contributed by atoms with Gasteiger partial charge in [0.2, 0.25) is 0 Å². The lowest BCUT2D eigenvalue weighted by Gasteiger charge is -2.08. The van der Waals surface area contributed by atoms with Crippen LogP contribution in [0.15, 0.2) is 18.2 Å². The summed E-state index contributed by atoms with van der Waals surface area (Å²) in [6.45, 7) is 0. The lowest BCUT2D eigenvalue weighted by molar-refractivity contribution is -0.138. The van der Waals surface area contributed by atoms with Gasteiger partial charge in [-0.25, -0.2) is 0 Å². The minimum atomic E-state index is -4.39. The average molecular weight is 288 g/mol. The molecule has 0 saturated heterocycles. The van der Waals surface area contributed by atoms with E-state index in [0.717, 1.165) is 6.07 Å². The van der Waals surface area contributed by atoms with Crippen molar-refractivity contribution in [3.8, 4) is 5.75 Å². The van der Waals surface area contributed by atoms with Crippen molar-refractivity contribution >= 4 is 22.6 Å². The fraction of sp³-hybridized carbons (Fsp3) is 0.143. The second-order valence-corrected chi connectivity index (χ2v) is 3.22. The highest BCUT2D eigenvalue weighted by Gasteiger charge is 2.33. The van der Waals surface area contributed by atoms with Gasteiger partial charge in [0.25, 0.3) is 0 Å². The molecule has 0 bridgehead atoms. The van der Waals surface area contributed by atoms with E-state index in [1.807, 2.05) is 0 Å². The summed E-state index contributed by atoms with van der Waals surface area (Å²) in [6.07, 6.45) is -4.39. The van der Waals surface area contributed by atoms with Crippen LogP contribution in [0, 0.1) is 3.57 Å². The SMILES string of the molecule is Oc1cccc(C(F)(F)F)c1I. The molecule has 0 radical (unpaired) electrons. The van der Waals surface area contributed by atoms with Crippen molar-refractivity contribution in [2.75, 3.05) is 0 Å². The van der Waals surface area contributed by atoms with Gasteiger partial charge in [-0.05, 0) is 34.7 Å². The summed E-state index contributed by atoms with van der Waals surface area (Å²) in [4.78, 5) is 0. The number of halogens is 4. The molecular weight excluding hydrogens is 284 g/mol. The van der Waals surface area contributed by atoms with Crippen molar-refractivity contribution in [1.82, 2.24) is 0 Å². The Kier molecular flexibility index (Phi) is 2.50. The Morgan fingerprint density at radius 3 is 2.25 bits per heavy atom. The molecule has 0 unspecified atom stereocenters. The highest BCUT2D eigenvalue weighted by Crippen LogP contribution is 2.35. The van der Waals surface area contributed by atoms with Crippen LogP contribution in [0.5, 0.6) is 5.75 Å². The van der Waals surface area contributed by atoms with E-state index in [0.29, 0.717) is 0 Å². The fourth-order valence-corrected chi connectivity index (χ4v) is 1.40. The van der Waals surface area contributed by atoms with Crippen LogP contribution in [-0.2, 0) is 6.18 Å². The Morgan fingerprint density at radius 2 is 1.83 bits per heavy atom. The third kappa shape index (κ3) is 1.82. The molecule has 0 fully saturated rings. The van der Waals surface area contributed by atoms with Crippen LogP contribution < -0.4 is 0 Å². The molecule has 5 heteroatoms. The molecule has 0 aliphatic carbocycles. The smallest absolute Gasteiger partial charge is 0.417 e. The van der Waals surface area contributed by atoms with E-state index < -0.39 is 11.7 Å². The van der Waals surface area contributed by atoms with Crippen LogP contribution in [0.3, 0.4) is 0 Å². The number of hydrogen-bond acceptors (Lipinski definition) is 1. The van der Waals surface area contributed by atoms with Gasteiger partial charge < -0.3 is 5.11 Å². The highest BCUT2D eigenvalue weighted by molar-refractivity contribution is 14.1. The van der Waals surface area contributed by atoms with E-state index in [9.17, 15) is 13.2 Å². The normalized spacial score (nSPS) is 11.7. The first-order chi connectivity index (χ1) is 5.43. The zero-order valence-corrected chi connectivity index (χ0v) is 7.85. The maximum Gasteiger partial charge on any atom is 0.417 e. The summed E-state index contributed by atoms with van der Waals surface area (Å²) >= 11 is 1.46. The zero-order valence-electron chi connectivity index (χ0n) is 5.69. The topological polar surface area (TPSA) is 20.2 Å². The number of aromatic hydroxyl groups is 1. The second-order valence-electron chi connectivity index (χ2n) is 2.14. The largest absolute Gasteiger partial charge is 0.507 e. The fourth-order valence-electron chi connectivity index (χ4n) is 0.739. The van der Waals surface area contributed by atoms with E-state index in [1.54, 1.807) is 0 Å². The third-order valence-corrected chi connectivity index (χ3v) is 2.42. The lowest BCUT2D eigenvalue weighted by atomic mass is 10.2. The molecule has 0 aliphatic rings. The van der Waals surface area contributed by atoms with Gasteiger partial charge in [0, 0.05) is 0 Å². The van der Waals surface area contributed by atoms with Crippen LogP contribution in [0.1, 0.15) is 5.56 Å². The van der Waals surface area contributed by atoms with Crippen molar-refractivity contribution in [3.05, 3.63) is 27.3 Å². The van der Waals surface area contributed by atoms with E-state index in [1.165, 1.54) is 34.7 Å². The number of alkyl halides is 3. The first-order valence-electron chi connectivity index (χ1n) is 2.97. The Balaban J connectivity index is 3.26. The first-order valence-corrected chi connectivity index (χ1v) is 4.05. The molecular formula is C7H4F3IO. The number of hydrogen-bond donors (Lipinski definition) is 1. The summed E-state index contributed by atoms with van der Waals surface area (Å²) < 4.78 is 36.2. The molecule has 0 aliphatic heterocycles. The van der Waals surface area contributed by atoms with Gasteiger partial charge in [-0.15, -0.1) is 0 Å². The van der Waals surface area contributed by atoms with Gasteiger partial charge in [-0.3, -0.25) is 0 Å². The molecule has 66 valence electrons. The molecule has 1 aromatic rings. The van der Waals surface area contributed by atoms with Crippen molar-refractivity contribution < 1.29 is 18.3 Å². The third-order valence-electron chi connectivity index (χ3n) is 1.28. The molecule has 0 heterocycles. The van der Waals surface area contributed by atoms with Crippen molar-refractivity contribution in [1.29, 1.82) is 0 Å². The van der Waals surface area contributed by atoms with Crippen LogP contribution in [0.25, 0.3) is 0 Å². The molecule has 1 aromatic carbocycles. The van der Waals surface area contributed by atoms with Crippen LogP contribution in [0.4, 0.5) is 13.2 Å². The maximum absolute atomic E-state index is 12.1. The molecule has 1 N–H and O–H groups in total. The van der Waals surface area contributed by atoms with Gasteiger partial charge in [0.05, 0.1) is 9.13 Å². The van der Waals surface area contributed by atoms with Crippen molar-refractivity contribution in [2.45, 2.75) is 6.18 Å². The monoisotopic (exact) mass is 288 g/mol.